The number of hydrogen-bond donors (Lipinski definition) is 0. The number of para-hydroxylation sites is 4. The standard InChI is InChI=1S/C36H23NO2/c1-4-13-24(14-5-1)33-34-28-19-10-11-22-31(28)38-32(34)23-29-27-20-12-21-30(35(27)39-36(29)33)37(25-15-6-2-7-16-25)26-17-8-3-9-18-26/h1-23H. The van der Waals surface area contributed by atoms with E-state index in [1.165, 1.54) is 0 Å². The summed E-state index contributed by atoms with van der Waals surface area (Å²) in [6, 6.07) is 48.1. The lowest BCUT2D eigenvalue weighted by atomic mass is 9.96. The average molecular weight is 502 g/mol. The predicted octanol–water partition coefficient (Wildman–Crippen LogP) is 10.6. The third-order valence-corrected chi connectivity index (χ3v) is 7.44. The molecule has 8 rings (SSSR count). The molecule has 0 saturated carbocycles. The molecule has 2 heterocycles. The first kappa shape index (κ1) is 21.8. The van der Waals surface area contributed by atoms with E-state index in [-0.39, 0.29) is 0 Å². The van der Waals surface area contributed by atoms with Crippen molar-refractivity contribution in [3.63, 3.8) is 0 Å². The van der Waals surface area contributed by atoms with Crippen LogP contribution in [0.1, 0.15) is 0 Å². The van der Waals surface area contributed by atoms with Gasteiger partial charge < -0.3 is 13.7 Å². The lowest BCUT2D eigenvalue weighted by Crippen LogP contribution is -2.09. The maximum absolute atomic E-state index is 6.94. The molecule has 0 aliphatic heterocycles. The summed E-state index contributed by atoms with van der Waals surface area (Å²) in [4.78, 5) is 2.26. The summed E-state index contributed by atoms with van der Waals surface area (Å²) in [6.07, 6.45) is 0. The number of furan rings is 2. The number of anilines is 3. The van der Waals surface area contributed by atoms with Crippen LogP contribution < -0.4 is 4.90 Å². The van der Waals surface area contributed by atoms with Gasteiger partial charge in [-0.25, -0.2) is 0 Å². The Morgan fingerprint density at radius 2 is 1.05 bits per heavy atom. The highest BCUT2D eigenvalue weighted by Gasteiger charge is 2.24. The van der Waals surface area contributed by atoms with Crippen molar-refractivity contribution in [3.8, 4) is 11.1 Å². The molecule has 0 radical (unpaired) electrons. The van der Waals surface area contributed by atoms with Crippen molar-refractivity contribution < 1.29 is 8.83 Å². The van der Waals surface area contributed by atoms with Crippen LogP contribution in [0.25, 0.3) is 55.0 Å². The summed E-state index contributed by atoms with van der Waals surface area (Å²) in [5, 5.41) is 4.26. The van der Waals surface area contributed by atoms with E-state index in [0.29, 0.717) is 0 Å². The largest absolute Gasteiger partial charge is 0.456 e. The quantitative estimate of drug-likeness (QED) is 0.240. The molecule has 0 saturated heterocycles. The molecule has 39 heavy (non-hydrogen) atoms. The molecule has 0 N–H and O–H groups in total. The number of nitrogens with zero attached hydrogens (tertiary/aromatic N) is 1. The Hall–Kier alpha value is -5.28. The van der Waals surface area contributed by atoms with Crippen LogP contribution in [0.5, 0.6) is 0 Å². The maximum Gasteiger partial charge on any atom is 0.159 e. The van der Waals surface area contributed by atoms with Crippen molar-refractivity contribution in [1.82, 2.24) is 0 Å². The van der Waals surface area contributed by atoms with Crippen molar-refractivity contribution in [2.75, 3.05) is 4.90 Å². The minimum atomic E-state index is 0.842. The van der Waals surface area contributed by atoms with E-state index in [9.17, 15) is 0 Å². The summed E-state index contributed by atoms with van der Waals surface area (Å²) in [7, 11) is 0. The maximum atomic E-state index is 6.94. The fourth-order valence-electron chi connectivity index (χ4n) is 5.76. The number of hydrogen-bond acceptors (Lipinski definition) is 3. The second-order valence-corrected chi connectivity index (χ2v) is 9.73. The first-order chi connectivity index (χ1) is 19.4. The molecule has 3 nitrogen and oxygen atoms in total. The van der Waals surface area contributed by atoms with E-state index in [4.69, 9.17) is 8.83 Å². The molecule has 0 atom stereocenters. The molecule has 3 heteroatoms. The highest BCUT2D eigenvalue weighted by molar-refractivity contribution is 6.24. The van der Waals surface area contributed by atoms with E-state index >= 15 is 0 Å². The van der Waals surface area contributed by atoms with Crippen molar-refractivity contribution >= 4 is 60.9 Å². The fraction of sp³-hybridized carbons (Fsp3) is 0. The average Bonchev–Trinajstić information content (AvgIpc) is 3.56. The van der Waals surface area contributed by atoms with Gasteiger partial charge in [0.05, 0.1) is 5.69 Å². The number of fused-ring (bicyclic) bond motifs is 6. The summed E-state index contributed by atoms with van der Waals surface area (Å²) >= 11 is 0. The second-order valence-electron chi connectivity index (χ2n) is 9.73. The zero-order valence-corrected chi connectivity index (χ0v) is 21.0. The van der Waals surface area contributed by atoms with Crippen LogP contribution in [0.4, 0.5) is 17.1 Å². The molecule has 2 aromatic heterocycles. The van der Waals surface area contributed by atoms with E-state index < -0.39 is 0 Å². The third-order valence-electron chi connectivity index (χ3n) is 7.44. The summed E-state index contributed by atoms with van der Waals surface area (Å²) in [6.45, 7) is 0. The normalized spacial score (nSPS) is 11.6. The van der Waals surface area contributed by atoms with E-state index in [0.717, 1.165) is 72.1 Å². The lowest BCUT2D eigenvalue weighted by Gasteiger charge is -2.25. The van der Waals surface area contributed by atoms with Crippen LogP contribution in [-0.2, 0) is 0 Å². The predicted molar refractivity (Wildman–Crippen MR) is 161 cm³/mol. The smallest absolute Gasteiger partial charge is 0.159 e. The Kier molecular flexibility index (Phi) is 4.82. The second kappa shape index (κ2) is 8.64. The Labute approximate surface area is 225 Å². The molecule has 0 aliphatic rings. The Morgan fingerprint density at radius 1 is 0.436 bits per heavy atom. The van der Waals surface area contributed by atoms with Crippen LogP contribution in [0.3, 0.4) is 0 Å². The van der Waals surface area contributed by atoms with Gasteiger partial charge in [0.15, 0.2) is 5.58 Å². The third kappa shape index (κ3) is 3.37. The fourth-order valence-corrected chi connectivity index (χ4v) is 5.76. The van der Waals surface area contributed by atoms with Gasteiger partial charge in [-0.2, -0.15) is 0 Å². The van der Waals surface area contributed by atoms with E-state index in [1.807, 2.05) is 30.3 Å². The minimum Gasteiger partial charge on any atom is -0.456 e. The molecule has 0 amide bonds. The van der Waals surface area contributed by atoms with Crippen LogP contribution >= 0.6 is 0 Å². The topological polar surface area (TPSA) is 29.5 Å². The lowest BCUT2D eigenvalue weighted by molar-refractivity contribution is 0.665. The van der Waals surface area contributed by atoms with E-state index in [1.54, 1.807) is 0 Å². The van der Waals surface area contributed by atoms with Gasteiger partial charge in [0.2, 0.25) is 0 Å². The number of benzene rings is 6. The first-order valence-electron chi connectivity index (χ1n) is 13.1. The van der Waals surface area contributed by atoms with Gasteiger partial charge in [-0.15, -0.1) is 0 Å². The SMILES string of the molecule is c1ccc(-c2c3oc4c(N(c5ccccc5)c5ccccc5)cccc4c3cc3oc4ccccc4c23)cc1. The molecule has 0 spiro atoms. The van der Waals surface area contributed by atoms with Crippen molar-refractivity contribution in [1.29, 1.82) is 0 Å². The molecule has 0 bridgehead atoms. The molecular weight excluding hydrogens is 478 g/mol. The van der Waals surface area contributed by atoms with Gasteiger partial charge in [-0.3, -0.25) is 0 Å². The Bertz CT molecular complexity index is 2070. The van der Waals surface area contributed by atoms with E-state index in [2.05, 4.69) is 114 Å². The summed E-state index contributed by atoms with van der Waals surface area (Å²) < 4.78 is 13.3. The van der Waals surface area contributed by atoms with Gasteiger partial charge in [0.25, 0.3) is 0 Å². The monoisotopic (exact) mass is 501 g/mol. The molecule has 184 valence electrons. The van der Waals surface area contributed by atoms with Gasteiger partial charge in [0, 0.05) is 38.5 Å². The zero-order chi connectivity index (χ0) is 25.8. The van der Waals surface area contributed by atoms with Crippen LogP contribution in [0, 0.1) is 0 Å². The van der Waals surface area contributed by atoms with Crippen molar-refractivity contribution in [2.24, 2.45) is 0 Å². The molecular formula is C36H23NO2. The highest BCUT2D eigenvalue weighted by Crippen LogP contribution is 2.47. The first-order valence-corrected chi connectivity index (χ1v) is 13.1. The van der Waals surface area contributed by atoms with Gasteiger partial charge in [0.1, 0.15) is 16.7 Å². The Morgan fingerprint density at radius 3 is 1.77 bits per heavy atom. The summed E-state index contributed by atoms with van der Waals surface area (Å²) in [5.41, 5.74) is 8.73. The molecule has 8 aromatic rings. The van der Waals surface area contributed by atoms with Crippen molar-refractivity contribution in [3.05, 3.63) is 140 Å². The summed E-state index contributed by atoms with van der Waals surface area (Å²) in [5.74, 6) is 0. The Balaban J connectivity index is 1.50. The van der Waals surface area contributed by atoms with Crippen LogP contribution in [0.15, 0.2) is 148 Å². The van der Waals surface area contributed by atoms with Crippen LogP contribution in [-0.4, -0.2) is 0 Å². The van der Waals surface area contributed by atoms with Gasteiger partial charge in [-0.05, 0) is 48.0 Å². The minimum absolute atomic E-state index is 0.842. The molecule has 6 aromatic carbocycles. The van der Waals surface area contributed by atoms with Gasteiger partial charge in [-0.1, -0.05) is 97.1 Å². The highest BCUT2D eigenvalue weighted by atomic mass is 16.3. The van der Waals surface area contributed by atoms with Crippen molar-refractivity contribution in [2.45, 2.75) is 0 Å². The zero-order valence-electron chi connectivity index (χ0n) is 21.0. The van der Waals surface area contributed by atoms with Crippen LogP contribution in [0.2, 0.25) is 0 Å². The molecule has 0 fully saturated rings. The van der Waals surface area contributed by atoms with Gasteiger partial charge >= 0.3 is 0 Å². The molecule has 0 unspecified atom stereocenters. The number of rotatable bonds is 4. The molecule has 0 aliphatic carbocycles.